The first-order valence-electron chi connectivity index (χ1n) is 17.4. The third-order valence-electron chi connectivity index (χ3n) is 10.4. The van der Waals surface area contributed by atoms with E-state index in [1.165, 1.54) is 6.07 Å². The SMILES string of the molecule is Cc1ccc(-c2c(C)noc2C)cc1N(CCC(C)CCNc1cc2c(cc1F)C(=O)N(C1CCONO1)C2)c1ccc(C2(C#N)CC2)cc1. The molecule has 10 nitrogen and oxygen atoms in total. The van der Waals surface area contributed by atoms with Crippen molar-refractivity contribution in [1.29, 1.82) is 5.26 Å². The Balaban J connectivity index is 1.04. The summed E-state index contributed by atoms with van der Waals surface area (Å²) in [4.78, 5) is 27.3. The summed E-state index contributed by atoms with van der Waals surface area (Å²) in [5, 5.41) is 17.2. The molecule has 11 heteroatoms. The van der Waals surface area contributed by atoms with Crippen LogP contribution in [-0.2, 0) is 21.6 Å². The topological polar surface area (TPSA) is 116 Å². The van der Waals surface area contributed by atoms with Crippen molar-refractivity contribution in [2.75, 3.05) is 29.9 Å². The molecule has 2 N–H and O–H groups in total. The highest BCUT2D eigenvalue weighted by Gasteiger charge is 2.44. The molecule has 3 aliphatic rings. The standard InChI is InChI=1S/C39H43FN6O4/c1-24(11-16-42-34-19-29-22-46(36-13-18-48-44-50-36)38(47)32(29)21-33(34)40)12-17-45(31-9-7-30(8-10-31)39(23-41)14-15-39)35-20-28(6-5-25(35)2)37-26(3)43-49-27(37)4/h5-10,19-21,24,36,42,44H,11-18,22H2,1-4H3. The maximum Gasteiger partial charge on any atom is 0.256 e. The molecule has 3 heterocycles. The van der Waals surface area contributed by atoms with E-state index in [4.69, 9.17) is 14.2 Å². The number of nitrogens with zero attached hydrogens (tertiary/aromatic N) is 4. The minimum atomic E-state index is -0.462. The molecule has 4 aromatic rings. The van der Waals surface area contributed by atoms with Crippen molar-refractivity contribution < 1.29 is 23.4 Å². The number of benzene rings is 3. The monoisotopic (exact) mass is 678 g/mol. The molecule has 0 bridgehead atoms. The van der Waals surface area contributed by atoms with Gasteiger partial charge in [0.2, 0.25) is 0 Å². The van der Waals surface area contributed by atoms with Crippen LogP contribution in [0, 0.1) is 43.8 Å². The van der Waals surface area contributed by atoms with E-state index in [1.807, 2.05) is 13.8 Å². The van der Waals surface area contributed by atoms with E-state index in [2.05, 4.69) is 83.4 Å². The van der Waals surface area contributed by atoms with E-state index in [0.29, 0.717) is 43.3 Å². The number of aryl methyl sites for hydroxylation is 3. The van der Waals surface area contributed by atoms with Crippen molar-refractivity contribution in [3.8, 4) is 17.2 Å². The maximum atomic E-state index is 15.2. The molecule has 1 aromatic heterocycles. The van der Waals surface area contributed by atoms with Crippen LogP contribution >= 0.6 is 0 Å². The summed E-state index contributed by atoms with van der Waals surface area (Å²) in [6.45, 7) is 10.4. The van der Waals surface area contributed by atoms with Gasteiger partial charge in [0.25, 0.3) is 5.91 Å². The third-order valence-corrected chi connectivity index (χ3v) is 10.4. The lowest BCUT2D eigenvalue weighted by Gasteiger charge is -2.30. The molecule has 1 amide bonds. The number of nitrogens with one attached hydrogen (secondary N) is 2. The molecule has 3 aromatic carbocycles. The van der Waals surface area contributed by atoms with Gasteiger partial charge in [0.05, 0.1) is 29.5 Å². The zero-order chi connectivity index (χ0) is 35.0. The smallest absolute Gasteiger partial charge is 0.256 e. The maximum absolute atomic E-state index is 15.2. The van der Waals surface area contributed by atoms with Crippen molar-refractivity contribution in [1.82, 2.24) is 15.7 Å². The van der Waals surface area contributed by atoms with Crippen molar-refractivity contribution in [3.63, 3.8) is 0 Å². The Kier molecular flexibility index (Phi) is 9.35. The summed E-state index contributed by atoms with van der Waals surface area (Å²) in [5.74, 6) is 0.438. The highest BCUT2D eigenvalue weighted by Crippen LogP contribution is 2.48. The van der Waals surface area contributed by atoms with Crippen LogP contribution in [0.4, 0.5) is 21.5 Å². The van der Waals surface area contributed by atoms with Crippen LogP contribution in [0.15, 0.2) is 59.1 Å². The van der Waals surface area contributed by atoms with Gasteiger partial charge in [0.1, 0.15) is 11.6 Å². The number of rotatable bonds is 12. The number of hydrogen-bond acceptors (Lipinski definition) is 9. The number of nitriles is 1. The number of anilines is 3. The molecule has 7 rings (SSSR count). The summed E-state index contributed by atoms with van der Waals surface area (Å²) in [5.41, 5.74) is 10.9. The Morgan fingerprint density at radius 3 is 2.62 bits per heavy atom. The van der Waals surface area contributed by atoms with Crippen LogP contribution in [0.2, 0.25) is 0 Å². The summed E-state index contributed by atoms with van der Waals surface area (Å²) < 4.78 is 20.7. The molecule has 2 unspecified atom stereocenters. The average Bonchev–Trinajstić information content (AvgIpc) is 3.77. The van der Waals surface area contributed by atoms with Gasteiger partial charge in [-0.3, -0.25) is 14.5 Å². The van der Waals surface area contributed by atoms with Crippen LogP contribution < -0.4 is 15.9 Å². The second kappa shape index (κ2) is 13.9. The minimum Gasteiger partial charge on any atom is -0.383 e. The van der Waals surface area contributed by atoms with Crippen LogP contribution in [0.25, 0.3) is 11.1 Å². The molecule has 0 radical (unpaired) electrons. The van der Waals surface area contributed by atoms with Crippen molar-refractivity contribution in [2.24, 2.45) is 5.92 Å². The van der Waals surface area contributed by atoms with Gasteiger partial charge in [0.15, 0.2) is 6.23 Å². The second-order valence-electron chi connectivity index (χ2n) is 13.9. The summed E-state index contributed by atoms with van der Waals surface area (Å²) in [6, 6.07) is 20.5. The van der Waals surface area contributed by atoms with Gasteiger partial charge < -0.3 is 19.6 Å². The van der Waals surface area contributed by atoms with E-state index in [-0.39, 0.29) is 11.3 Å². The zero-order valence-electron chi connectivity index (χ0n) is 29.0. The van der Waals surface area contributed by atoms with E-state index in [1.54, 1.807) is 11.0 Å². The van der Waals surface area contributed by atoms with Gasteiger partial charge in [-0.1, -0.05) is 42.0 Å². The Morgan fingerprint density at radius 2 is 1.94 bits per heavy atom. The van der Waals surface area contributed by atoms with Gasteiger partial charge in [-0.05, 0) is 105 Å². The molecule has 2 aliphatic heterocycles. The fraction of sp³-hybridized carbons (Fsp3) is 0.410. The molecule has 1 saturated heterocycles. The summed E-state index contributed by atoms with van der Waals surface area (Å²) in [7, 11) is 0. The predicted octanol–water partition coefficient (Wildman–Crippen LogP) is 7.77. The Labute approximate surface area is 292 Å². The number of amides is 1. The fourth-order valence-electron chi connectivity index (χ4n) is 7.13. The predicted molar refractivity (Wildman–Crippen MR) is 188 cm³/mol. The van der Waals surface area contributed by atoms with Crippen molar-refractivity contribution >= 4 is 23.0 Å². The number of hydrogen-bond donors (Lipinski definition) is 2. The van der Waals surface area contributed by atoms with Crippen LogP contribution in [0.3, 0.4) is 0 Å². The lowest BCUT2D eigenvalue weighted by atomic mass is 9.96. The van der Waals surface area contributed by atoms with E-state index in [0.717, 1.165) is 82.9 Å². The molecule has 2 fully saturated rings. The molecule has 50 heavy (non-hydrogen) atoms. The Hall–Kier alpha value is -4.76. The molecule has 0 spiro atoms. The second-order valence-corrected chi connectivity index (χ2v) is 13.9. The van der Waals surface area contributed by atoms with Gasteiger partial charge in [-0.2, -0.15) is 5.26 Å². The first-order chi connectivity index (χ1) is 24.2. The first kappa shape index (κ1) is 33.7. The fourth-order valence-corrected chi connectivity index (χ4v) is 7.13. The van der Waals surface area contributed by atoms with Crippen LogP contribution in [-0.4, -0.2) is 41.9 Å². The molecule has 260 valence electrons. The largest absolute Gasteiger partial charge is 0.383 e. The lowest BCUT2D eigenvalue weighted by Crippen LogP contribution is -2.45. The number of fused-ring (bicyclic) bond motifs is 1. The van der Waals surface area contributed by atoms with Gasteiger partial charge in [-0.15, -0.1) is 0 Å². The average molecular weight is 679 g/mol. The molecule has 1 saturated carbocycles. The van der Waals surface area contributed by atoms with Gasteiger partial charge in [-0.25, -0.2) is 4.39 Å². The minimum absolute atomic E-state index is 0.239. The third kappa shape index (κ3) is 6.59. The molecule has 1 aliphatic carbocycles. The van der Waals surface area contributed by atoms with Crippen molar-refractivity contribution in [2.45, 2.75) is 78.0 Å². The highest BCUT2D eigenvalue weighted by molar-refractivity contribution is 5.99. The van der Waals surface area contributed by atoms with E-state index in [9.17, 15) is 10.1 Å². The van der Waals surface area contributed by atoms with Crippen LogP contribution in [0.1, 0.15) is 77.5 Å². The van der Waals surface area contributed by atoms with Gasteiger partial charge in [0, 0.05) is 48.6 Å². The highest BCUT2D eigenvalue weighted by atomic mass is 19.1. The Bertz CT molecular complexity index is 1910. The summed E-state index contributed by atoms with van der Waals surface area (Å²) in [6.07, 6.45) is 3.62. The molecule has 2 atom stereocenters. The van der Waals surface area contributed by atoms with Crippen molar-refractivity contribution in [3.05, 3.63) is 94.1 Å². The van der Waals surface area contributed by atoms with E-state index >= 15 is 4.39 Å². The van der Waals surface area contributed by atoms with E-state index < -0.39 is 12.0 Å². The number of halogens is 1. The zero-order valence-corrected chi connectivity index (χ0v) is 29.0. The van der Waals surface area contributed by atoms with Gasteiger partial charge >= 0.3 is 0 Å². The quantitative estimate of drug-likeness (QED) is 0.155. The molecular weight excluding hydrogens is 635 g/mol. The Morgan fingerprint density at radius 1 is 1.14 bits per heavy atom. The first-order valence-corrected chi connectivity index (χ1v) is 17.4. The number of carbonyl (C=O) groups is 1. The number of carbonyl (C=O) groups excluding carboxylic acids is 1. The normalized spacial score (nSPS) is 18.4. The molecular formula is C39H43FN6O4. The lowest BCUT2D eigenvalue weighted by molar-refractivity contribution is -0.266. The number of aromatic nitrogens is 1. The summed E-state index contributed by atoms with van der Waals surface area (Å²) >= 11 is 0. The van der Waals surface area contributed by atoms with Crippen LogP contribution in [0.5, 0.6) is 0 Å².